The van der Waals surface area contributed by atoms with Crippen molar-refractivity contribution in [2.75, 3.05) is 19.4 Å². The summed E-state index contributed by atoms with van der Waals surface area (Å²) in [7, 11) is 1.64. The van der Waals surface area contributed by atoms with Crippen LogP contribution in [-0.4, -0.2) is 35.5 Å². The second-order valence-corrected chi connectivity index (χ2v) is 5.25. The van der Waals surface area contributed by atoms with E-state index >= 15 is 0 Å². The maximum Gasteiger partial charge on any atom is 0.277 e. The molecule has 0 fully saturated rings. The maximum atomic E-state index is 11.7. The average Bonchev–Trinajstić information content (AvgIpc) is 2.91. The van der Waals surface area contributed by atoms with Crippen LogP contribution in [0.4, 0.5) is 0 Å². The van der Waals surface area contributed by atoms with Crippen LogP contribution in [-0.2, 0) is 11.2 Å². The standard InChI is InChI=1S/C14H17N3O3S/c1-10-16-17-14(20-10)21-9-13(18)15-7-6-11-4-3-5-12(8-11)19-2/h3-5,8H,6-7,9H2,1-2H3,(H,15,18). The van der Waals surface area contributed by atoms with Crippen LogP contribution in [0.25, 0.3) is 0 Å². The SMILES string of the molecule is COc1cccc(CCNC(=O)CSc2nnc(C)o2)c1. The third-order valence-corrected chi connectivity index (χ3v) is 3.52. The number of aryl methyl sites for hydroxylation is 1. The third kappa shape index (κ3) is 5.11. The summed E-state index contributed by atoms with van der Waals surface area (Å²) in [6.07, 6.45) is 0.757. The number of benzene rings is 1. The molecular weight excluding hydrogens is 290 g/mol. The Balaban J connectivity index is 1.69. The topological polar surface area (TPSA) is 77.2 Å². The molecule has 2 aromatic rings. The first-order valence-corrected chi connectivity index (χ1v) is 7.48. The van der Waals surface area contributed by atoms with Crippen LogP contribution in [0.15, 0.2) is 33.9 Å². The number of carbonyl (C=O) groups excluding carboxylic acids is 1. The largest absolute Gasteiger partial charge is 0.497 e. The van der Waals surface area contributed by atoms with Crippen LogP contribution in [0.1, 0.15) is 11.5 Å². The van der Waals surface area contributed by atoms with Crippen LogP contribution in [0.2, 0.25) is 0 Å². The molecule has 7 heteroatoms. The van der Waals surface area contributed by atoms with E-state index in [1.165, 1.54) is 11.8 Å². The molecule has 0 atom stereocenters. The lowest BCUT2D eigenvalue weighted by atomic mass is 10.1. The van der Waals surface area contributed by atoms with E-state index in [1.807, 2.05) is 24.3 Å². The van der Waals surface area contributed by atoms with Crippen LogP contribution in [0, 0.1) is 6.92 Å². The normalized spacial score (nSPS) is 10.4. The fourth-order valence-corrected chi connectivity index (χ4v) is 2.32. The van der Waals surface area contributed by atoms with Crippen molar-refractivity contribution >= 4 is 17.7 Å². The zero-order valence-corrected chi connectivity index (χ0v) is 12.8. The zero-order valence-electron chi connectivity index (χ0n) is 12.0. The van der Waals surface area contributed by atoms with E-state index in [0.29, 0.717) is 17.7 Å². The Morgan fingerprint density at radius 3 is 3.00 bits per heavy atom. The van der Waals surface area contributed by atoms with Gasteiger partial charge in [0.25, 0.3) is 5.22 Å². The highest BCUT2D eigenvalue weighted by molar-refractivity contribution is 7.99. The highest BCUT2D eigenvalue weighted by atomic mass is 32.2. The van der Waals surface area contributed by atoms with Gasteiger partial charge in [0.05, 0.1) is 12.9 Å². The van der Waals surface area contributed by atoms with Gasteiger partial charge in [0.1, 0.15) is 5.75 Å². The van der Waals surface area contributed by atoms with Gasteiger partial charge in [-0.3, -0.25) is 4.79 Å². The van der Waals surface area contributed by atoms with E-state index in [-0.39, 0.29) is 11.7 Å². The Kier molecular flexibility index (Phi) is 5.62. The average molecular weight is 307 g/mol. The van der Waals surface area contributed by atoms with Gasteiger partial charge in [-0.2, -0.15) is 0 Å². The number of rotatable bonds is 7. The van der Waals surface area contributed by atoms with Crippen molar-refractivity contribution in [1.82, 2.24) is 15.5 Å². The molecule has 1 aromatic carbocycles. The van der Waals surface area contributed by atoms with Gasteiger partial charge in [-0.05, 0) is 24.1 Å². The number of thioether (sulfide) groups is 1. The molecule has 0 saturated heterocycles. The van der Waals surface area contributed by atoms with Crippen LogP contribution in [0.3, 0.4) is 0 Å². The lowest BCUT2D eigenvalue weighted by Gasteiger charge is -2.06. The number of methoxy groups -OCH3 is 1. The van der Waals surface area contributed by atoms with E-state index in [2.05, 4.69) is 15.5 Å². The fourth-order valence-electron chi connectivity index (χ4n) is 1.69. The molecule has 1 amide bonds. The second kappa shape index (κ2) is 7.68. The number of hydrogen-bond acceptors (Lipinski definition) is 6. The molecule has 0 radical (unpaired) electrons. The predicted octanol–water partition coefficient (Wildman–Crippen LogP) is 1.84. The fraction of sp³-hybridized carbons (Fsp3) is 0.357. The summed E-state index contributed by atoms with van der Waals surface area (Å²) in [4.78, 5) is 11.7. The minimum Gasteiger partial charge on any atom is -0.497 e. The molecule has 1 aromatic heterocycles. The Morgan fingerprint density at radius 2 is 2.29 bits per heavy atom. The van der Waals surface area contributed by atoms with Gasteiger partial charge < -0.3 is 14.5 Å². The van der Waals surface area contributed by atoms with Crippen molar-refractivity contribution in [3.05, 3.63) is 35.7 Å². The predicted molar refractivity (Wildman–Crippen MR) is 79.5 cm³/mol. The smallest absolute Gasteiger partial charge is 0.277 e. The third-order valence-electron chi connectivity index (χ3n) is 2.70. The second-order valence-electron chi connectivity index (χ2n) is 4.33. The molecule has 1 heterocycles. The van der Waals surface area contributed by atoms with E-state index in [4.69, 9.17) is 9.15 Å². The minimum atomic E-state index is -0.0567. The molecule has 0 saturated carbocycles. The van der Waals surface area contributed by atoms with Crippen molar-refractivity contribution in [3.63, 3.8) is 0 Å². The summed E-state index contributed by atoms with van der Waals surface area (Å²) in [5, 5.41) is 10.8. The van der Waals surface area contributed by atoms with Gasteiger partial charge in [-0.1, -0.05) is 23.9 Å². The highest BCUT2D eigenvalue weighted by Gasteiger charge is 2.07. The molecule has 0 aliphatic heterocycles. The van der Waals surface area contributed by atoms with Crippen molar-refractivity contribution in [2.24, 2.45) is 0 Å². The minimum absolute atomic E-state index is 0.0567. The number of carbonyl (C=O) groups is 1. The van der Waals surface area contributed by atoms with Crippen molar-refractivity contribution < 1.29 is 13.9 Å². The quantitative estimate of drug-likeness (QED) is 0.787. The van der Waals surface area contributed by atoms with Gasteiger partial charge >= 0.3 is 0 Å². The molecule has 6 nitrogen and oxygen atoms in total. The first-order chi connectivity index (χ1) is 10.2. The lowest BCUT2D eigenvalue weighted by molar-refractivity contribution is -0.118. The Hall–Kier alpha value is -2.02. The van der Waals surface area contributed by atoms with Gasteiger partial charge in [0.2, 0.25) is 11.8 Å². The van der Waals surface area contributed by atoms with E-state index in [9.17, 15) is 4.79 Å². The summed E-state index contributed by atoms with van der Waals surface area (Å²) >= 11 is 1.23. The first-order valence-electron chi connectivity index (χ1n) is 6.50. The molecule has 1 N–H and O–H groups in total. The monoisotopic (exact) mass is 307 g/mol. The molecule has 0 aliphatic carbocycles. The van der Waals surface area contributed by atoms with E-state index < -0.39 is 0 Å². The van der Waals surface area contributed by atoms with E-state index in [1.54, 1.807) is 14.0 Å². The molecular formula is C14H17N3O3S. The summed E-state index contributed by atoms with van der Waals surface area (Å²) < 4.78 is 10.3. The molecule has 0 aliphatic rings. The zero-order chi connectivity index (χ0) is 15.1. The van der Waals surface area contributed by atoms with Gasteiger partial charge in [0.15, 0.2) is 0 Å². The Labute approximate surface area is 127 Å². The van der Waals surface area contributed by atoms with E-state index in [0.717, 1.165) is 17.7 Å². The summed E-state index contributed by atoms with van der Waals surface area (Å²) in [6.45, 7) is 2.29. The molecule has 0 unspecified atom stereocenters. The number of amides is 1. The van der Waals surface area contributed by atoms with Crippen LogP contribution >= 0.6 is 11.8 Å². The lowest BCUT2D eigenvalue weighted by Crippen LogP contribution is -2.27. The van der Waals surface area contributed by atoms with Crippen molar-refractivity contribution in [1.29, 1.82) is 0 Å². The number of nitrogens with zero attached hydrogens (tertiary/aromatic N) is 2. The van der Waals surface area contributed by atoms with Crippen molar-refractivity contribution in [2.45, 2.75) is 18.6 Å². The Bertz CT molecular complexity index is 601. The summed E-state index contributed by atoms with van der Waals surface area (Å²) in [5.41, 5.74) is 1.12. The molecule has 0 spiro atoms. The Morgan fingerprint density at radius 1 is 1.43 bits per heavy atom. The number of nitrogens with one attached hydrogen (secondary N) is 1. The molecule has 112 valence electrons. The van der Waals surface area contributed by atoms with Crippen molar-refractivity contribution in [3.8, 4) is 5.75 Å². The highest BCUT2D eigenvalue weighted by Crippen LogP contribution is 2.15. The van der Waals surface area contributed by atoms with Gasteiger partial charge in [-0.25, -0.2) is 0 Å². The van der Waals surface area contributed by atoms with Gasteiger partial charge in [-0.15, -0.1) is 10.2 Å². The summed E-state index contributed by atoms with van der Waals surface area (Å²) in [5.74, 6) is 1.52. The van der Waals surface area contributed by atoms with Crippen LogP contribution < -0.4 is 10.1 Å². The first kappa shape index (κ1) is 15.4. The maximum absolute atomic E-state index is 11.7. The van der Waals surface area contributed by atoms with Gasteiger partial charge in [0, 0.05) is 13.5 Å². The number of hydrogen-bond donors (Lipinski definition) is 1. The molecule has 21 heavy (non-hydrogen) atoms. The molecule has 0 bridgehead atoms. The molecule has 2 rings (SSSR count). The number of aromatic nitrogens is 2. The summed E-state index contributed by atoms with van der Waals surface area (Å²) in [6, 6.07) is 7.79. The van der Waals surface area contributed by atoms with Crippen LogP contribution in [0.5, 0.6) is 5.75 Å². The number of ether oxygens (including phenoxy) is 1.